The average molecular weight is 574 g/mol. The maximum absolute atomic E-state index is 13.7. The van der Waals surface area contributed by atoms with Gasteiger partial charge in [0.15, 0.2) is 4.80 Å². The summed E-state index contributed by atoms with van der Waals surface area (Å²) in [6.45, 7) is 7.73. The van der Waals surface area contributed by atoms with E-state index in [1.165, 1.54) is 11.3 Å². The van der Waals surface area contributed by atoms with Crippen LogP contribution in [0.2, 0.25) is 5.02 Å². The van der Waals surface area contributed by atoms with Crippen molar-refractivity contribution in [2.24, 2.45) is 4.99 Å². The van der Waals surface area contributed by atoms with Gasteiger partial charge in [-0.3, -0.25) is 9.36 Å². The number of rotatable bonds is 7. The summed E-state index contributed by atoms with van der Waals surface area (Å²) in [6.07, 6.45) is 3.43. The number of hydrogen-bond donors (Lipinski definition) is 0. The summed E-state index contributed by atoms with van der Waals surface area (Å²) in [6, 6.07) is 12.0. The van der Waals surface area contributed by atoms with Crippen LogP contribution in [0.25, 0.3) is 6.08 Å². The molecule has 3 aromatic rings. The second kappa shape index (κ2) is 10.8. The van der Waals surface area contributed by atoms with Crippen LogP contribution in [0.5, 0.6) is 5.75 Å². The second-order valence-corrected chi connectivity index (χ2v) is 10.00. The van der Waals surface area contributed by atoms with E-state index in [-0.39, 0.29) is 12.2 Å². The summed E-state index contributed by atoms with van der Waals surface area (Å²) < 4.78 is 13.9. The Hall–Kier alpha value is -2.94. The monoisotopic (exact) mass is 572 g/mol. The molecule has 6 nitrogen and oxygen atoms in total. The Kier molecular flexibility index (Phi) is 7.74. The topological polar surface area (TPSA) is 69.9 Å². The van der Waals surface area contributed by atoms with Crippen molar-refractivity contribution in [2.75, 3.05) is 13.2 Å². The third kappa shape index (κ3) is 5.19. The summed E-state index contributed by atoms with van der Waals surface area (Å²) >= 11 is 10.8. The van der Waals surface area contributed by atoms with Crippen molar-refractivity contribution in [1.82, 2.24) is 4.57 Å². The van der Waals surface area contributed by atoms with E-state index < -0.39 is 12.0 Å². The van der Waals surface area contributed by atoms with E-state index in [0.29, 0.717) is 38.0 Å². The van der Waals surface area contributed by atoms with E-state index in [2.05, 4.69) is 27.5 Å². The highest BCUT2D eigenvalue weighted by Crippen LogP contribution is 2.31. The first-order valence-electron chi connectivity index (χ1n) is 10.8. The van der Waals surface area contributed by atoms with Gasteiger partial charge in [-0.1, -0.05) is 63.7 Å². The number of halogens is 2. The zero-order chi connectivity index (χ0) is 25.1. The lowest BCUT2D eigenvalue weighted by Crippen LogP contribution is -2.39. The zero-order valence-electron chi connectivity index (χ0n) is 19.1. The molecule has 1 aliphatic rings. The number of ether oxygens (including phenoxy) is 2. The van der Waals surface area contributed by atoms with Crippen LogP contribution in [0.15, 0.2) is 80.6 Å². The molecule has 180 valence electrons. The van der Waals surface area contributed by atoms with Gasteiger partial charge in [0.25, 0.3) is 5.56 Å². The largest absolute Gasteiger partial charge is 0.489 e. The summed E-state index contributed by atoms with van der Waals surface area (Å²) in [5, 5.41) is 0.557. The van der Waals surface area contributed by atoms with Crippen LogP contribution in [0.4, 0.5) is 0 Å². The highest BCUT2D eigenvalue weighted by Gasteiger charge is 2.33. The molecule has 35 heavy (non-hydrogen) atoms. The van der Waals surface area contributed by atoms with Gasteiger partial charge in [-0.2, -0.15) is 0 Å². The summed E-state index contributed by atoms with van der Waals surface area (Å²) in [5.74, 6) is 0.117. The minimum atomic E-state index is -0.691. The molecular formula is C26H22BrClN2O4S. The maximum atomic E-state index is 13.7. The van der Waals surface area contributed by atoms with Crippen LogP contribution in [0.1, 0.15) is 31.0 Å². The lowest BCUT2D eigenvalue weighted by Gasteiger charge is -2.24. The normalized spacial score (nSPS) is 15.4. The van der Waals surface area contributed by atoms with Crippen LogP contribution in [0.3, 0.4) is 0 Å². The fourth-order valence-electron chi connectivity index (χ4n) is 3.81. The quantitative estimate of drug-likeness (QED) is 0.301. The molecule has 9 heteroatoms. The Morgan fingerprint density at radius 1 is 1.29 bits per heavy atom. The number of carbonyl (C=O) groups excluding carboxylic acids is 1. The minimum absolute atomic E-state index is 0.212. The Bertz CT molecular complexity index is 1510. The molecule has 1 aliphatic heterocycles. The fourth-order valence-corrected chi connectivity index (χ4v) is 5.35. The highest BCUT2D eigenvalue weighted by atomic mass is 79.9. The number of aromatic nitrogens is 1. The third-order valence-electron chi connectivity index (χ3n) is 5.32. The number of nitrogens with zero attached hydrogens (tertiary/aromatic N) is 2. The summed E-state index contributed by atoms with van der Waals surface area (Å²) in [7, 11) is 0. The van der Waals surface area contributed by atoms with E-state index in [9.17, 15) is 9.59 Å². The fraction of sp³-hybridized carbons (Fsp3) is 0.192. The molecule has 0 spiro atoms. The van der Waals surface area contributed by atoms with Gasteiger partial charge in [-0.05, 0) is 55.8 Å². The van der Waals surface area contributed by atoms with E-state index in [1.54, 1.807) is 54.8 Å². The molecule has 0 aliphatic carbocycles. The predicted octanol–water partition coefficient (Wildman–Crippen LogP) is 4.78. The molecular weight excluding hydrogens is 552 g/mol. The van der Waals surface area contributed by atoms with Gasteiger partial charge < -0.3 is 9.47 Å². The van der Waals surface area contributed by atoms with Gasteiger partial charge in [0.05, 0.1) is 28.5 Å². The molecule has 0 fully saturated rings. The maximum Gasteiger partial charge on any atom is 0.338 e. The number of fused-ring (bicyclic) bond motifs is 1. The molecule has 0 bridgehead atoms. The van der Waals surface area contributed by atoms with Gasteiger partial charge in [0, 0.05) is 15.1 Å². The van der Waals surface area contributed by atoms with Crippen molar-refractivity contribution in [3.05, 3.63) is 107 Å². The molecule has 0 saturated carbocycles. The molecule has 2 aromatic carbocycles. The molecule has 0 N–H and O–H groups in total. The highest BCUT2D eigenvalue weighted by molar-refractivity contribution is 9.10. The first kappa shape index (κ1) is 25.2. The standard InChI is InChI=1S/C26H22BrClN2O4S/c1-4-12-34-20-11-8-18(27)13-17(20)14-21-24(31)30-23(16-6-9-19(28)10-7-16)22(25(32)33-5-2)15(3)29-26(30)35-21/h4,6-11,13-14,23H,1,5,12H2,2-3H3/b21-14-/t23-/m1/s1. The van der Waals surface area contributed by atoms with E-state index in [4.69, 9.17) is 21.1 Å². The SMILES string of the molecule is C=CCOc1ccc(Br)cc1/C=c1\sc2n(c1=O)[C@H](c1ccc(Cl)cc1)C(C(=O)OCC)=C(C)N=2. The summed E-state index contributed by atoms with van der Waals surface area (Å²) in [4.78, 5) is 31.8. The Labute approximate surface area is 219 Å². The van der Waals surface area contributed by atoms with Crippen LogP contribution in [-0.4, -0.2) is 23.8 Å². The van der Waals surface area contributed by atoms with Gasteiger partial charge >= 0.3 is 5.97 Å². The number of allylic oxidation sites excluding steroid dienone is 1. The molecule has 4 rings (SSSR count). The van der Waals surface area contributed by atoms with Gasteiger partial charge in [0.1, 0.15) is 12.4 Å². The minimum Gasteiger partial charge on any atom is -0.489 e. The van der Waals surface area contributed by atoms with Crippen molar-refractivity contribution in [3.63, 3.8) is 0 Å². The number of thiazole rings is 1. The smallest absolute Gasteiger partial charge is 0.338 e. The first-order valence-corrected chi connectivity index (χ1v) is 12.8. The molecule has 0 radical (unpaired) electrons. The zero-order valence-corrected chi connectivity index (χ0v) is 22.2. The van der Waals surface area contributed by atoms with Gasteiger partial charge in [0.2, 0.25) is 0 Å². The van der Waals surface area contributed by atoms with E-state index in [0.717, 1.165) is 15.6 Å². The second-order valence-electron chi connectivity index (χ2n) is 7.64. The van der Waals surface area contributed by atoms with Crippen molar-refractivity contribution < 1.29 is 14.3 Å². The number of esters is 1. The Morgan fingerprint density at radius 3 is 2.71 bits per heavy atom. The first-order chi connectivity index (χ1) is 16.8. The van der Waals surface area contributed by atoms with Crippen LogP contribution >= 0.6 is 38.9 Å². The number of carbonyl (C=O) groups is 1. The molecule has 1 atom stereocenters. The van der Waals surface area contributed by atoms with Crippen LogP contribution in [0, 0.1) is 0 Å². The van der Waals surface area contributed by atoms with E-state index in [1.807, 2.05) is 18.2 Å². The van der Waals surface area contributed by atoms with Crippen molar-refractivity contribution in [3.8, 4) is 5.75 Å². The Morgan fingerprint density at radius 2 is 2.03 bits per heavy atom. The van der Waals surface area contributed by atoms with Gasteiger partial charge in [-0.25, -0.2) is 9.79 Å². The number of benzene rings is 2. The number of hydrogen-bond acceptors (Lipinski definition) is 6. The average Bonchev–Trinajstić information content (AvgIpc) is 3.12. The molecule has 0 saturated heterocycles. The van der Waals surface area contributed by atoms with Crippen molar-refractivity contribution in [2.45, 2.75) is 19.9 Å². The van der Waals surface area contributed by atoms with Crippen molar-refractivity contribution >= 4 is 50.9 Å². The predicted molar refractivity (Wildman–Crippen MR) is 142 cm³/mol. The molecule has 0 unspecified atom stereocenters. The third-order valence-corrected chi connectivity index (χ3v) is 7.05. The van der Waals surface area contributed by atoms with Crippen LogP contribution < -0.4 is 19.6 Å². The van der Waals surface area contributed by atoms with Crippen LogP contribution in [-0.2, 0) is 9.53 Å². The summed E-state index contributed by atoms with van der Waals surface area (Å²) in [5.41, 5.74) is 2.03. The Balaban J connectivity index is 1.94. The molecule has 1 aromatic heterocycles. The molecule has 2 heterocycles. The lowest BCUT2D eigenvalue weighted by atomic mass is 9.96. The lowest BCUT2D eigenvalue weighted by molar-refractivity contribution is -0.139. The van der Waals surface area contributed by atoms with Crippen molar-refractivity contribution in [1.29, 1.82) is 0 Å². The van der Waals surface area contributed by atoms with Gasteiger partial charge in [-0.15, -0.1) is 0 Å². The molecule has 0 amide bonds. The van der Waals surface area contributed by atoms with E-state index >= 15 is 0 Å².